The highest BCUT2D eigenvalue weighted by Crippen LogP contribution is 2.26. The number of benzene rings is 2. The van der Waals surface area contributed by atoms with Gasteiger partial charge in [0.2, 0.25) is 0 Å². The van der Waals surface area contributed by atoms with Gasteiger partial charge in [0.05, 0.1) is 5.69 Å². The maximum Gasteiger partial charge on any atom is 0.0630 e. The van der Waals surface area contributed by atoms with Crippen molar-refractivity contribution in [2.75, 3.05) is 0 Å². The smallest absolute Gasteiger partial charge is 0.0630 e. The maximum absolute atomic E-state index is 4.69. The van der Waals surface area contributed by atoms with Gasteiger partial charge in [-0.1, -0.05) is 51.1 Å². The maximum atomic E-state index is 4.69. The monoisotopic (exact) mass is 304 g/mol. The van der Waals surface area contributed by atoms with E-state index in [1.807, 2.05) is 6.21 Å². The highest BCUT2D eigenvalue weighted by molar-refractivity contribution is 6.01. The Balaban J connectivity index is 1.96. The largest absolute Gasteiger partial charge is 0.347 e. The number of fused-ring (bicyclic) bond motifs is 1. The van der Waals surface area contributed by atoms with Gasteiger partial charge in [0.1, 0.15) is 0 Å². The Morgan fingerprint density at radius 2 is 1.61 bits per heavy atom. The summed E-state index contributed by atoms with van der Waals surface area (Å²) in [6, 6.07) is 17.0. The lowest BCUT2D eigenvalue weighted by atomic mass is 9.87. The standard InChI is InChI=1S/C21H24N2/c1-15-19(18-8-6-7-9-20(18)23(15)5)14-22-17-12-10-16(11-13-17)21(2,3)4/h6-14H,1-5H3. The number of aromatic nitrogens is 1. The van der Waals surface area contributed by atoms with Crippen molar-refractivity contribution in [3.05, 3.63) is 65.4 Å². The van der Waals surface area contributed by atoms with Gasteiger partial charge in [-0.3, -0.25) is 4.99 Å². The Morgan fingerprint density at radius 3 is 2.26 bits per heavy atom. The molecule has 2 aromatic carbocycles. The summed E-state index contributed by atoms with van der Waals surface area (Å²) in [5.74, 6) is 0. The second-order valence-corrected chi connectivity index (χ2v) is 7.13. The minimum Gasteiger partial charge on any atom is -0.347 e. The number of hydrogen-bond donors (Lipinski definition) is 0. The van der Waals surface area contributed by atoms with Crippen molar-refractivity contribution in [3.63, 3.8) is 0 Å². The highest BCUT2D eigenvalue weighted by Gasteiger charge is 2.13. The van der Waals surface area contributed by atoms with E-state index >= 15 is 0 Å². The summed E-state index contributed by atoms with van der Waals surface area (Å²) in [4.78, 5) is 4.69. The molecule has 23 heavy (non-hydrogen) atoms. The van der Waals surface area contributed by atoms with Gasteiger partial charge >= 0.3 is 0 Å². The highest BCUT2D eigenvalue weighted by atomic mass is 14.9. The van der Waals surface area contributed by atoms with Crippen LogP contribution in [-0.4, -0.2) is 10.8 Å². The van der Waals surface area contributed by atoms with E-state index in [1.165, 1.54) is 27.7 Å². The molecule has 118 valence electrons. The molecule has 3 aromatic rings. The Hall–Kier alpha value is -2.35. The summed E-state index contributed by atoms with van der Waals surface area (Å²) >= 11 is 0. The minimum absolute atomic E-state index is 0.175. The summed E-state index contributed by atoms with van der Waals surface area (Å²) in [7, 11) is 2.10. The van der Waals surface area contributed by atoms with Crippen LogP contribution in [0.4, 0.5) is 5.69 Å². The Morgan fingerprint density at radius 1 is 0.957 bits per heavy atom. The molecule has 0 aliphatic carbocycles. The lowest BCUT2D eigenvalue weighted by Crippen LogP contribution is -2.10. The molecule has 0 saturated heterocycles. The molecule has 2 nitrogen and oxygen atoms in total. The topological polar surface area (TPSA) is 17.3 Å². The van der Waals surface area contributed by atoms with Crippen molar-refractivity contribution in [3.8, 4) is 0 Å². The average Bonchev–Trinajstić information content (AvgIpc) is 2.77. The van der Waals surface area contributed by atoms with Crippen LogP contribution in [0.15, 0.2) is 53.5 Å². The first kappa shape index (κ1) is 15.5. The van der Waals surface area contributed by atoms with Crippen molar-refractivity contribution in [2.45, 2.75) is 33.1 Å². The van der Waals surface area contributed by atoms with Gasteiger partial charge in [0, 0.05) is 35.4 Å². The van der Waals surface area contributed by atoms with Crippen molar-refractivity contribution in [2.24, 2.45) is 12.0 Å². The predicted molar refractivity (Wildman–Crippen MR) is 100 cm³/mol. The fourth-order valence-electron chi connectivity index (χ4n) is 2.90. The molecule has 0 N–H and O–H groups in total. The van der Waals surface area contributed by atoms with Crippen LogP contribution in [0.2, 0.25) is 0 Å². The summed E-state index contributed by atoms with van der Waals surface area (Å²) in [5, 5.41) is 1.25. The fraction of sp³-hybridized carbons (Fsp3) is 0.286. The quantitative estimate of drug-likeness (QED) is 0.553. The molecule has 0 fully saturated rings. The zero-order chi connectivity index (χ0) is 16.6. The zero-order valence-corrected chi connectivity index (χ0v) is 14.6. The van der Waals surface area contributed by atoms with Gasteiger partial charge in [0.25, 0.3) is 0 Å². The first-order chi connectivity index (χ1) is 10.9. The number of hydrogen-bond acceptors (Lipinski definition) is 1. The van der Waals surface area contributed by atoms with E-state index in [1.54, 1.807) is 0 Å². The molecule has 0 atom stereocenters. The fourth-order valence-corrected chi connectivity index (χ4v) is 2.90. The second-order valence-electron chi connectivity index (χ2n) is 7.13. The average molecular weight is 304 g/mol. The molecule has 1 heterocycles. The number of aryl methyl sites for hydroxylation is 1. The second kappa shape index (κ2) is 5.69. The molecule has 0 aliphatic rings. The van der Waals surface area contributed by atoms with Crippen molar-refractivity contribution in [1.82, 2.24) is 4.57 Å². The lowest BCUT2D eigenvalue weighted by molar-refractivity contribution is 0.590. The van der Waals surface area contributed by atoms with E-state index in [0.29, 0.717) is 0 Å². The molecule has 2 heteroatoms. The molecule has 1 aromatic heterocycles. The molecule has 3 rings (SSSR count). The summed E-state index contributed by atoms with van der Waals surface area (Å²) in [6.45, 7) is 8.82. The summed E-state index contributed by atoms with van der Waals surface area (Å²) in [5.41, 5.74) is 6.18. The third-order valence-electron chi connectivity index (χ3n) is 4.52. The molecule has 0 bridgehead atoms. The van der Waals surface area contributed by atoms with Crippen molar-refractivity contribution < 1.29 is 0 Å². The first-order valence-electron chi connectivity index (χ1n) is 8.06. The molecule has 0 saturated carbocycles. The first-order valence-corrected chi connectivity index (χ1v) is 8.06. The van der Waals surface area contributed by atoms with Gasteiger partial charge in [-0.25, -0.2) is 0 Å². The third-order valence-corrected chi connectivity index (χ3v) is 4.52. The van der Waals surface area contributed by atoms with E-state index in [9.17, 15) is 0 Å². The van der Waals surface area contributed by atoms with Crippen LogP contribution >= 0.6 is 0 Å². The minimum atomic E-state index is 0.175. The number of nitrogens with zero attached hydrogens (tertiary/aromatic N) is 2. The Kier molecular flexibility index (Phi) is 3.85. The number of aliphatic imine (C=N–C) groups is 1. The normalized spacial score (nSPS) is 12.4. The van der Waals surface area contributed by atoms with E-state index < -0.39 is 0 Å². The van der Waals surface area contributed by atoms with E-state index in [2.05, 4.69) is 92.8 Å². The Bertz CT molecular complexity index is 859. The van der Waals surface area contributed by atoms with E-state index in [0.717, 1.165) is 5.69 Å². The molecule has 0 radical (unpaired) electrons. The van der Waals surface area contributed by atoms with Gasteiger partial charge in [-0.15, -0.1) is 0 Å². The lowest BCUT2D eigenvalue weighted by Gasteiger charge is -2.18. The predicted octanol–water partition coefficient (Wildman–Crippen LogP) is 5.53. The van der Waals surface area contributed by atoms with Crippen LogP contribution in [0.1, 0.15) is 37.6 Å². The zero-order valence-electron chi connectivity index (χ0n) is 14.6. The molecule has 0 amide bonds. The summed E-state index contributed by atoms with van der Waals surface area (Å²) < 4.78 is 2.22. The van der Waals surface area contributed by atoms with E-state index in [4.69, 9.17) is 0 Å². The van der Waals surface area contributed by atoms with Crippen LogP contribution < -0.4 is 0 Å². The molecule has 0 unspecified atom stereocenters. The Labute approximate surface area is 138 Å². The molecule has 0 spiro atoms. The van der Waals surface area contributed by atoms with Crippen molar-refractivity contribution >= 4 is 22.8 Å². The van der Waals surface area contributed by atoms with E-state index in [-0.39, 0.29) is 5.41 Å². The molecule has 0 aliphatic heterocycles. The number of rotatable bonds is 2. The van der Waals surface area contributed by atoms with Gasteiger partial charge < -0.3 is 4.57 Å². The van der Waals surface area contributed by atoms with Crippen molar-refractivity contribution in [1.29, 1.82) is 0 Å². The summed E-state index contributed by atoms with van der Waals surface area (Å²) in [6.07, 6.45) is 1.99. The number of para-hydroxylation sites is 1. The van der Waals surface area contributed by atoms with Gasteiger partial charge in [-0.2, -0.15) is 0 Å². The van der Waals surface area contributed by atoms with Gasteiger partial charge in [-0.05, 0) is 36.1 Å². The van der Waals surface area contributed by atoms with Crippen LogP contribution in [0.5, 0.6) is 0 Å². The van der Waals surface area contributed by atoms with Crippen LogP contribution in [0.3, 0.4) is 0 Å². The van der Waals surface area contributed by atoms with Crippen LogP contribution in [-0.2, 0) is 12.5 Å². The van der Waals surface area contributed by atoms with Crippen LogP contribution in [0.25, 0.3) is 10.9 Å². The SMILES string of the molecule is Cc1c(C=Nc2ccc(C(C)(C)C)cc2)c2ccccc2n1C. The van der Waals surface area contributed by atoms with Gasteiger partial charge in [0.15, 0.2) is 0 Å². The molecular formula is C21H24N2. The third kappa shape index (κ3) is 2.94. The van der Waals surface area contributed by atoms with Crippen LogP contribution in [0, 0.1) is 6.92 Å². The molecular weight excluding hydrogens is 280 g/mol.